The van der Waals surface area contributed by atoms with Crippen LogP contribution in [0.5, 0.6) is 11.5 Å². The molecule has 4 aromatic rings. The van der Waals surface area contributed by atoms with Crippen LogP contribution in [0.2, 0.25) is 0 Å². The van der Waals surface area contributed by atoms with Gasteiger partial charge in [0.05, 0.1) is 37.6 Å². The molecule has 7 heteroatoms. The minimum atomic E-state index is -0.866. The molecule has 0 amide bonds. The number of fused-ring (bicyclic) bond motifs is 2. The smallest absolute Gasteiger partial charge is 0.305 e. The van der Waals surface area contributed by atoms with Gasteiger partial charge in [-0.1, -0.05) is 18.2 Å². The molecule has 1 aliphatic heterocycles. The van der Waals surface area contributed by atoms with Crippen LogP contribution in [0, 0.1) is 0 Å². The molecule has 1 unspecified atom stereocenters. The summed E-state index contributed by atoms with van der Waals surface area (Å²) in [5.74, 6) is 0.586. The van der Waals surface area contributed by atoms with E-state index in [1.807, 2.05) is 59.3 Å². The standard InChI is InChI=1S/C28H29N3O4/c1-34-27-7-3-2-5-22(27)26(18-28(32)33)31-15-12-19-17-21(9-11-25(19)31)35-16-13-20-8-10-23-24(30-20)6-4-14-29-23/h2-3,5,7-12,15,17,26,29H,4,6,13-14,16,18H2,1H3,(H,32,33). The predicted octanol–water partition coefficient (Wildman–Crippen LogP) is 5.09. The molecule has 35 heavy (non-hydrogen) atoms. The molecule has 0 saturated heterocycles. The van der Waals surface area contributed by atoms with Gasteiger partial charge in [-0.3, -0.25) is 9.78 Å². The quantitative estimate of drug-likeness (QED) is 0.354. The number of carboxylic acids is 1. The number of hydrogen-bond donors (Lipinski definition) is 2. The van der Waals surface area contributed by atoms with E-state index in [1.54, 1.807) is 7.11 Å². The number of nitrogens with zero attached hydrogens (tertiary/aromatic N) is 2. The lowest BCUT2D eigenvalue weighted by molar-refractivity contribution is -0.137. The van der Waals surface area contributed by atoms with Crippen molar-refractivity contribution in [2.45, 2.75) is 31.7 Å². The normalized spacial score (nSPS) is 13.6. The topological polar surface area (TPSA) is 85.6 Å². The van der Waals surface area contributed by atoms with Crippen LogP contribution in [0.25, 0.3) is 10.9 Å². The summed E-state index contributed by atoms with van der Waals surface area (Å²) in [4.78, 5) is 16.5. The molecule has 2 N–H and O–H groups in total. The van der Waals surface area contributed by atoms with Gasteiger partial charge >= 0.3 is 5.97 Å². The van der Waals surface area contributed by atoms with Crippen molar-refractivity contribution >= 4 is 22.6 Å². The zero-order valence-corrected chi connectivity index (χ0v) is 19.7. The van der Waals surface area contributed by atoms with E-state index in [0.717, 1.165) is 65.1 Å². The lowest BCUT2D eigenvalue weighted by Crippen LogP contribution is -2.15. The predicted molar refractivity (Wildman–Crippen MR) is 136 cm³/mol. The van der Waals surface area contributed by atoms with E-state index in [2.05, 4.69) is 17.4 Å². The number of aliphatic carboxylic acids is 1. The van der Waals surface area contributed by atoms with E-state index in [0.29, 0.717) is 12.4 Å². The molecule has 1 aliphatic rings. The van der Waals surface area contributed by atoms with Gasteiger partial charge in [0.15, 0.2) is 0 Å². The molecular formula is C28H29N3O4. The first-order chi connectivity index (χ1) is 17.1. The van der Waals surface area contributed by atoms with Crippen LogP contribution in [-0.2, 0) is 17.6 Å². The molecule has 7 nitrogen and oxygen atoms in total. The Morgan fingerprint density at radius 2 is 2.06 bits per heavy atom. The van der Waals surface area contributed by atoms with E-state index < -0.39 is 12.0 Å². The fraction of sp³-hybridized carbons (Fsp3) is 0.286. The first kappa shape index (κ1) is 22.8. The second-order valence-electron chi connectivity index (χ2n) is 8.72. The summed E-state index contributed by atoms with van der Waals surface area (Å²) >= 11 is 0. The summed E-state index contributed by atoms with van der Waals surface area (Å²) in [7, 11) is 1.60. The Bertz CT molecular complexity index is 1350. The zero-order chi connectivity index (χ0) is 24.2. The van der Waals surface area contributed by atoms with Gasteiger partial charge in [-0.25, -0.2) is 0 Å². The molecule has 0 fully saturated rings. The molecule has 0 bridgehead atoms. The summed E-state index contributed by atoms with van der Waals surface area (Å²) < 4.78 is 13.5. The molecule has 0 saturated carbocycles. The van der Waals surface area contributed by atoms with Gasteiger partial charge in [-0.2, -0.15) is 0 Å². The Morgan fingerprint density at radius 1 is 1.17 bits per heavy atom. The highest BCUT2D eigenvalue weighted by Crippen LogP contribution is 2.34. The van der Waals surface area contributed by atoms with Crippen molar-refractivity contribution in [1.29, 1.82) is 0 Å². The number of methoxy groups -OCH3 is 1. The monoisotopic (exact) mass is 471 g/mol. The first-order valence-electron chi connectivity index (χ1n) is 11.9. The lowest BCUT2D eigenvalue weighted by Gasteiger charge is -2.21. The molecule has 2 aromatic carbocycles. The number of para-hydroxylation sites is 1. The van der Waals surface area contributed by atoms with Gasteiger partial charge in [0.25, 0.3) is 0 Å². The minimum Gasteiger partial charge on any atom is -0.496 e. The Kier molecular flexibility index (Phi) is 6.57. The first-order valence-corrected chi connectivity index (χ1v) is 11.9. The molecule has 0 radical (unpaired) electrons. The summed E-state index contributed by atoms with van der Waals surface area (Å²) in [5, 5.41) is 14.0. The maximum atomic E-state index is 11.7. The summed E-state index contributed by atoms with van der Waals surface area (Å²) in [5.41, 5.74) is 5.10. The van der Waals surface area contributed by atoms with Crippen LogP contribution in [0.1, 0.15) is 35.8 Å². The third kappa shape index (κ3) is 4.94. The summed E-state index contributed by atoms with van der Waals surface area (Å²) in [6.45, 7) is 1.55. The molecular weight excluding hydrogens is 442 g/mol. The number of anilines is 1. The highest BCUT2D eigenvalue weighted by atomic mass is 16.5. The number of nitrogens with one attached hydrogen (secondary N) is 1. The highest BCUT2D eigenvalue weighted by molar-refractivity contribution is 5.82. The zero-order valence-electron chi connectivity index (χ0n) is 19.7. The molecule has 0 spiro atoms. The second-order valence-corrected chi connectivity index (χ2v) is 8.72. The van der Waals surface area contributed by atoms with Gasteiger partial charge in [0, 0.05) is 41.3 Å². The molecule has 180 valence electrons. The van der Waals surface area contributed by atoms with Crippen molar-refractivity contribution in [3.05, 3.63) is 83.8 Å². The van der Waals surface area contributed by atoms with Crippen molar-refractivity contribution in [3.63, 3.8) is 0 Å². The Balaban J connectivity index is 1.33. The van der Waals surface area contributed by atoms with Crippen LogP contribution >= 0.6 is 0 Å². The highest BCUT2D eigenvalue weighted by Gasteiger charge is 2.22. The van der Waals surface area contributed by atoms with Gasteiger partial charge in [0.1, 0.15) is 11.5 Å². The lowest BCUT2D eigenvalue weighted by atomic mass is 10.0. The van der Waals surface area contributed by atoms with E-state index in [1.165, 1.54) is 0 Å². The molecule has 3 heterocycles. The van der Waals surface area contributed by atoms with E-state index in [9.17, 15) is 9.90 Å². The van der Waals surface area contributed by atoms with E-state index >= 15 is 0 Å². The summed E-state index contributed by atoms with van der Waals surface area (Å²) in [6, 6.07) is 19.2. The van der Waals surface area contributed by atoms with Crippen LogP contribution in [-0.4, -0.2) is 40.9 Å². The third-order valence-corrected chi connectivity index (χ3v) is 6.46. The Labute approximate surface area is 204 Å². The van der Waals surface area contributed by atoms with Crippen molar-refractivity contribution in [2.75, 3.05) is 25.6 Å². The van der Waals surface area contributed by atoms with Crippen molar-refractivity contribution in [2.24, 2.45) is 0 Å². The number of ether oxygens (including phenoxy) is 2. The average molecular weight is 472 g/mol. The van der Waals surface area contributed by atoms with Crippen molar-refractivity contribution in [3.8, 4) is 11.5 Å². The van der Waals surface area contributed by atoms with Gasteiger partial charge in [-0.05, 0) is 55.3 Å². The SMILES string of the molecule is COc1ccccc1C(CC(=O)O)n1ccc2cc(OCCc3ccc4c(n3)CCCN4)ccc21. The average Bonchev–Trinajstić information content (AvgIpc) is 3.30. The van der Waals surface area contributed by atoms with Crippen molar-refractivity contribution in [1.82, 2.24) is 9.55 Å². The number of aromatic nitrogens is 2. The number of carboxylic acid groups (broad SMARTS) is 1. The van der Waals surface area contributed by atoms with Gasteiger partial charge < -0.3 is 24.5 Å². The number of hydrogen-bond acceptors (Lipinski definition) is 5. The number of benzene rings is 2. The van der Waals surface area contributed by atoms with E-state index in [-0.39, 0.29) is 6.42 Å². The largest absolute Gasteiger partial charge is 0.496 e. The Morgan fingerprint density at radius 3 is 2.91 bits per heavy atom. The van der Waals surface area contributed by atoms with Gasteiger partial charge in [0.2, 0.25) is 0 Å². The molecule has 5 rings (SSSR count). The maximum Gasteiger partial charge on any atom is 0.305 e. The van der Waals surface area contributed by atoms with Crippen molar-refractivity contribution < 1.29 is 19.4 Å². The fourth-order valence-corrected chi connectivity index (χ4v) is 4.76. The fourth-order valence-electron chi connectivity index (χ4n) is 4.76. The molecule has 0 aliphatic carbocycles. The van der Waals surface area contributed by atoms with Crippen LogP contribution in [0.15, 0.2) is 66.9 Å². The number of rotatable bonds is 9. The maximum absolute atomic E-state index is 11.7. The number of aryl methyl sites for hydroxylation is 1. The van der Waals surface area contributed by atoms with E-state index in [4.69, 9.17) is 14.5 Å². The summed E-state index contributed by atoms with van der Waals surface area (Å²) in [6.07, 6.45) is 4.75. The van der Waals surface area contributed by atoms with Crippen LogP contribution in [0.3, 0.4) is 0 Å². The minimum absolute atomic E-state index is 0.0499. The molecule has 2 aromatic heterocycles. The van der Waals surface area contributed by atoms with Crippen LogP contribution < -0.4 is 14.8 Å². The Hall–Kier alpha value is -4.00. The van der Waals surface area contributed by atoms with Gasteiger partial charge in [-0.15, -0.1) is 0 Å². The van der Waals surface area contributed by atoms with Crippen LogP contribution in [0.4, 0.5) is 5.69 Å². The second kappa shape index (κ2) is 10.1. The number of pyridine rings is 1. The number of carbonyl (C=O) groups is 1. The molecule has 1 atom stereocenters. The third-order valence-electron chi connectivity index (χ3n) is 6.46.